The van der Waals surface area contributed by atoms with Crippen molar-refractivity contribution in [2.75, 3.05) is 0 Å². The minimum atomic E-state index is 0.357. The van der Waals surface area contributed by atoms with Crippen LogP contribution in [0.5, 0.6) is 0 Å². The van der Waals surface area contributed by atoms with E-state index in [4.69, 9.17) is 17.3 Å². The highest BCUT2D eigenvalue weighted by molar-refractivity contribution is 6.30. The standard InChI is InChI=1S/C8H8ClN5/c9-6-2-12-14(5-6)8-4-11-3-7(1-10)13-8/h2-5H,1,10H2. The first-order valence-electron chi connectivity index (χ1n) is 4.01. The number of aromatic nitrogens is 4. The zero-order valence-corrected chi connectivity index (χ0v) is 8.02. The molecule has 0 saturated heterocycles. The Balaban J connectivity index is 2.41. The molecule has 0 aliphatic carbocycles. The lowest BCUT2D eigenvalue weighted by atomic mass is 10.4. The van der Waals surface area contributed by atoms with Crippen LogP contribution in [0, 0.1) is 0 Å². The van der Waals surface area contributed by atoms with E-state index in [1.54, 1.807) is 29.5 Å². The summed E-state index contributed by atoms with van der Waals surface area (Å²) in [5, 5.41) is 4.56. The van der Waals surface area contributed by atoms with E-state index in [9.17, 15) is 0 Å². The van der Waals surface area contributed by atoms with Gasteiger partial charge in [-0.05, 0) is 0 Å². The number of hydrogen-bond acceptors (Lipinski definition) is 4. The average Bonchev–Trinajstić information content (AvgIpc) is 2.65. The molecule has 5 nitrogen and oxygen atoms in total. The first kappa shape index (κ1) is 9.11. The fourth-order valence-corrected chi connectivity index (χ4v) is 1.17. The van der Waals surface area contributed by atoms with Crippen molar-refractivity contribution in [3.05, 3.63) is 35.5 Å². The van der Waals surface area contributed by atoms with Gasteiger partial charge in [0, 0.05) is 12.7 Å². The van der Waals surface area contributed by atoms with Crippen LogP contribution in [-0.2, 0) is 6.54 Å². The van der Waals surface area contributed by atoms with Gasteiger partial charge < -0.3 is 5.73 Å². The topological polar surface area (TPSA) is 69.6 Å². The summed E-state index contributed by atoms with van der Waals surface area (Å²) >= 11 is 5.73. The maximum atomic E-state index is 5.73. The van der Waals surface area contributed by atoms with Crippen LogP contribution in [0.25, 0.3) is 5.82 Å². The third kappa shape index (κ3) is 1.73. The van der Waals surface area contributed by atoms with Crippen LogP contribution in [0.2, 0.25) is 5.02 Å². The van der Waals surface area contributed by atoms with E-state index in [0.717, 1.165) is 0 Å². The van der Waals surface area contributed by atoms with Crippen LogP contribution in [0.1, 0.15) is 5.69 Å². The van der Waals surface area contributed by atoms with E-state index >= 15 is 0 Å². The van der Waals surface area contributed by atoms with Crippen molar-refractivity contribution in [2.45, 2.75) is 6.54 Å². The maximum Gasteiger partial charge on any atom is 0.172 e. The molecule has 0 aromatic carbocycles. The summed E-state index contributed by atoms with van der Waals surface area (Å²) in [5.41, 5.74) is 6.16. The Kier molecular flexibility index (Phi) is 2.43. The molecule has 0 aliphatic heterocycles. The van der Waals surface area contributed by atoms with Gasteiger partial charge in [0.2, 0.25) is 0 Å². The number of rotatable bonds is 2. The molecule has 0 saturated carbocycles. The van der Waals surface area contributed by atoms with Crippen molar-refractivity contribution >= 4 is 11.6 Å². The average molecular weight is 210 g/mol. The Morgan fingerprint density at radius 3 is 2.86 bits per heavy atom. The molecule has 0 radical (unpaired) electrons. The molecule has 0 amide bonds. The van der Waals surface area contributed by atoms with Gasteiger partial charge in [-0.25, -0.2) is 9.67 Å². The van der Waals surface area contributed by atoms with E-state index < -0.39 is 0 Å². The third-order valence-electron chi connectivity index (χ3n) is 1.67. The molecule has 0 spiro atoms. The quantitative estimate of drug-likeness (QED) is 0.794. The highest BCUT2D eigenvalue weighted by Gasteiger charge is 2.01. The minimum absolute atomic E-state index is 0.357. The van der Waals surface area contributed by atoms with Crippen molar-refractivity contribution in [2.24, 2.45) is 5.73 Å². The van der Waals surface area contributed by atoms with Crippen molar-refractivity contribution in [3.8, 4) is 5.82 Å². The van der Waals surface area contributed by atoms with Gasteiger partial charge in [-0.15, -0.1) is 0 Å². The predicted molar refractivity (Wildman–Crippen MR) is 52.1 cm³/mol. The molecule has 0 fully saturated rings. The first-order chi connectivity index (χ1) is 6.79. The second-order valence-corrected chi connectivity index (χ2v) is 3.11. The van der Waals surface area contributed by atoms with Crippen LogP contribution in [0.15, 0.2) is 24.8 Å². The van der Waals surface area contributed by atoms with Crippen LogP contribution in [0.4, 0.5) is 0 Å². The van der Waals surface area contributed by atoms with Crippen molar-refractivity contribution in [1.82, 2.24) is 19.7 Å². The fraction of sp³-hybridized carbons (Fsp3) is 0.125. The summed E-state index contributed by atoms with van der Waals surface area (Å²) in [5.74, 6) is 0.611. The molecule has 2 aromatic heterocycles. The predicted octanol–water partition coefficient (Wildman–Crippen LogP) is 0.774. The molecule has 72 valence electrons. The van der Waals surface area contributed by atoms with Gasteiger partial charge in [-0.1, -0.05) is 11.6 Å². The van der Waals surface area contributed by atoms with E-state index in [2.05, 4.69) is 15.1 Å². The zero-order valence-electron chi connectivity index (χ0n) is 7.26. The van der Waals surface area contributed by atoms with Crippen LogP contribution in [0.3, 0.4) is 0 Å². The molecule has 2 heterocycles. The largest absolute Gasteiger partial charge is 0.325 e. The normalized spacial score (nSPS) is 10.4. The number of hydrogen-bond donors (Lipinski definition) is 1. The summed E-state index contributed by atoms with van der Waals surface area (Å²) in [4.78, 5) is 8.22. The molecule has 6 heteroatoms. The van der Waals surface area contributed by atoms with Crippen molar-refractivity contribution < 1.29 is 0 Å². The maximum absolute atomic E-state index is 5.73. The lowest BCUT2D eigenvalue weighted by Crippen LogP contribution is -2.05. The Morgan fingerprint density at radius 1 is 1.36 bits per heavy atom. The second kappa shape index (κ2) is 3.73. The summed E-state index contributed by atoms with van der Waals surface area (Å²) in [6, 6.07) is 0. The first-order valence-corrected chi connectivity index (χ1v) is 4.39. The van der Waals surface area contributed by atoms with Crippen LogP contribution in [-0.4, -0.2) is 19.7 Å². The Bertz CT molecular complexity index is 439. The fourth-order valence-electron chi connectivity index (χ4n) is 1.03. The van der Waals surface area contributed by atoms with Gasteiger partial charge in [0.05, 0.1) is 29.3 Å². The van der Waals surface area contributed by atoms with E-state index in [1.807, 2.05) is 0 Å². The highest BCUT2D eigenvalue weighted by atomic mass is 35.5. The van der Waals surface area contributed by atoms with Gasteiger partial charge in [0.15, 0.2) is 5.82 Å². The number of nitrogens with zero attached hydrogens (tertiary/aromatic N) is 4. The van der Waals surface area contributed by atoms with Gasteiger partial charge >= 0.3 is 0 Å². The summed E-state index contributed by atoms with van der Waals surface area (Å²) in [6.07, 6.45) is 6.42. The van der Waals surface area contributed by atoms with Gasteiger partial charge in [-0.3, -0.25) is 4.98 Å². The number of nitrogens with two attached hydrogens (primary N) is 1. The Labute approximate surface area is 85.5 Å². The van der Waals surface area contributed by atoms with Gasteiger partial charge in [0.25, 0.3) is 0 Å². The van der Waals surface area contributed by atoms with E-state index in [1.165, 1.54) is 0 Å². The van der Waals surface area contributed by atoms with E-state index in [-0.39, 0.29) is 0 Å². The van der Waals surface area contributed by atoms with Gasteiger partial charge in [0.1, 0.15) is 0 Å². The summed E-state index contributed by atoms with van der Waals surface area (Å²) < 4.78 is 1.55. The Hall–Kier alpha value is -1.46. The highest BCUT2D eigenvalue weighted by Crippen LogP contribution is 2.09. The molecule has 2 N–H and O–H groups in total. The second-order valence-electron chi connectivity index (χ2n) is 2.68. The summed E-state index contributed by atoms with van der Waals surface area (Å²) in [6.45, 7) is 0.357. The molecule has 0 atom stereocenters. The lowest BCUT2D eigenvalue weighted by Gasteiger charge is -2.00. The van der Waals surface area contributed by atoms with Crippen molar-refractivity contribution in [3.63, 3.8) is 0 Å². The molecule has 14 heavy (non-hydrogen) atoms. The lowest BCUT2D eigenvalue weighted by molar-refractivity contribution is 0.816. The molecule has 0 bridgehead atoms. The van der Waals surface area contributed by atoms with Gasteiger partial charge in [-0.2, -0.15) is 5.10 Å². The van der Waals surface area contributed by atoms with E-state index in [0.29, 0.717) is 23.1 Å². The molecule has 2 rings (SSSR count). The molecule has 0 aliphatic rings. The Morgan fingerprint density at radius 2 is 2.21 bits per heavy atom. The minimum Gasteiger partial charge on any atom is -0.325 e. The van der Waals surface area contributed by atoms with Crippen LogP contribution >= 0.6 is 11.6 Å². The molecule has 0 unspecified atom stereocenters. The third-order valence-corrected chi connectivity index (χ3v) is 1.86. The SMILES string of the molecule is NCc1cncc(-n2cc(Cl)cn2)n1. The monoisotopic (exact) mass is 209 g/mol. The smallest absolute Gasteiger partial charge is 0.172 e. The molecular formula is C8H8ClN5. The van der Waals surface area contributed by atoms with Crippen LogP contribution < -0.4 is 5.73 Å². The van der Waals surface area contributed by atoms with Crippen molar-refractivity contribution in [1.29, 1.82) is 0 Å². The molecule has 2 aromatic rings. The molecular weight excluding hydrogens is 202 g/mol. The number of halogens is 1. The zero-order chi connectivity index (χ0) is 9.97. The summed E-state index contributed by atoms with van der Waals surface area (Å²) in [7, 11) is 0.